The van der Waals surface area contributed by atoms with Gasteiger partial charge in [0, 0.05) is 38.1 Å². The number of imidazole rings is 1. The molecule has 0 aliphatic heterocycles. The zero-order valence-electron chi connectivity index (χ0n) is 11.7. The number of nitrogens with one attached hydrogen (secondary N) is 1. The van der Waals surface area contributed by atoms with Crippen LogP contribution in [0.5, 0.6) is 5.75 Å². The molecule has 0 atom stereocenters. The normalized spacial score (nSPS) is 10.7. The molecule has 2 aromatic heterocycles. The molecule has 5 nitrogen and oxygen atoms in total. The number of rotatable bonds is 6. The number of hydrogen-bond acceptors (Lipinski definition) is 4. The summed E-state index contributed by atoms with van der Waals surface area (Å²) in [4.78, 5) is 8.76. The quantitative estimate of drug-likeness (QED) is 0.854. The minimum atomic E-state index is 0.603. The lowest BCUT2D eigenvalue weighted by Crippen LogP contribution is -2.12. The molecule has 0 spiro atoms. The van der Waals surface area contributed by atoms with Crippen LogP contribution >= 0.6 is 0 Å². The smallest absolute Gasteiger partial charge is 0.142 e. The van der Waals surface area contributed by atoms with Gasteiger partial charge in [0.05, 0.1) is 12.3 Å². The van der Waals surface area contributed by atoms with Crippen LogP contribution in [0.4, 0.5) is 0 Å². The lowest BCUT2D eigenvalue weighted by atomic mass is 10.3. The van der Waals surface area contributed by atoms with Gasteiger partial charge >= 0.3 is 0 Å². The van der Waals surface area contributed by atoms with Crippen LogP contribution in [-0.4, -0.2) is 28.2 Å². The highest BCUT2D eigenvalue weighted by Gasteiger charge is 2.06. The third-order valence-corrected chi connectivity index (χ3v) is 2.92. The van der Waals surface area contributed by atoms with Gasteiger partial charge in [-0.25, -0.2) is 4.98 Å². The van der Waals surface area contributed by atoms with Crippen molar-refractivity contribution in [3.63, 3.8) is 0 Å². The Hall–Kier alpha value is -1.88. The average Bonchev–Trinajstić information content (AvgIpc) is 2.78. The van der Waals surface area contributed by atoms with Crippen LogP contribution in [0.15, 0.2) is 24.5 Å². The van der Waals surface area contributed by atoms with Crippen molar-refractivity contribution >= 4 is 0 Å². The van der Waals surface area contributed by atoms with E-state index < -0.39 is 0 Å². The molecular formula is C14H20N4O. The van der Waals surface area contributed by atoms with Gasteiger partial charge in [-0.2, -0.15) is 0 Å². The fourth-order valence-corrected chi connectivity index (χ4v) is 1.91. The third kappa shape index (κ3) is 3.54. The molecule has 0 fully saturated rings. The molecule has 1 N–H and O–H groups in total. The Morgan fingerprint density at radius 2 is 2.21 bits per heavy atom. The molecule has 0 aromatic carbocycles. The monoisotopic (exact) mass is 260 g/mol. The number of nitrogens with zero attached hydrogens (tertiary/aromatic N) is 3. The largest absolute Gasteiger partial charge is 0.491 e. The molecule has 0 amide bonds. The first-order chi connectivity index (χ1) is 9.20. The van der Waals surface area contributed by atoms with E-state index in [1.807, 2.05) is 43.9 Å². The van der Waals surface area contributed by atoms with Gasteiger partial charge in [0.25, 0.3) is 0 Å². The van der Waals surface area contributed by atoms with Crippen molar-refractivity contribution in [2.45, 2.75) is 19.9 Å². The molecular weight excluding hydrogens is 240 g/mol. The summed E-state index contributed by atoms with van der Waals surface area (Å²) >= 11 is 0. The molecule has 102 valence electrons. The Kier molecular flexibility index (Phi) is 4.52. The summed E-state index contributed by atoms with van der Waals surface area (Å²) in [5, 5.41) is 3.11. The summed E-state index contributed by atoms with van der Waals surface area (Å²) in [6, 6.07) is 3.95. The molecule has 2 aromatic rings. The minimum absolute atomic E-state index is 0.603. The lowest BCUT2D eigenvalue weighted by molar-refractivity contribution is 0.311. The molecule has 0 aliphatic rings. The van der Waals surface area contributed by atoms with Crippen molar-refractivity contribution in [1.29, 1.82) is 0 Å². The minimum Gasteiger partial charge on any atom is -0.491 e. The van der Waals surface area contributed by atoms with E-state index in [0.29, 0.717) is 13.2 Å². The zero-order chi connectivity index (χ0) is 13.7. The average molecular weight is 260 g/mol. The predicted octanol–water partition coefficient (Wildman–Crippen LogP) is 1.46. The van der Waals surface area contributed by atoms with Crippen LogP contribution in [0.2, 0.25) is 0 Å². The Balaban J connectivity index is 1.97. The van der Waals surface area contributed by atoms with Gasteiger partial charge in [0.1, 0.15) is 11.6 Å². The molecule has 19 heavy (non-hydrogen) atoms. The highest BCUT2D eigenvalue weighted by Crippen LogP contribution is 2.17. The second-order valence-electron chi connectivity index (χ2n) is 4.48. The molecule has 0 saturated heterocycles. The van der Waals surface area contributed by atoms with Crippen LogP contribution in [0.1, 0.15) is 17.2 Å². The maximum absolute atomic E-state index is 5.82. The van der Waals surface area contributed by atoms with Gasteiger partial charge < -0.3 is 14.6 Å². The van der Waals surface area contributed by atoms with E-state index >= 15 is 0 Å². The first-order valence-corrected chi connectivity index (χ1v) is 6.41. The number of hydrogen-bond donors (Lipinski definition) is 1. The first kappa shape index (κ1) is 13.5. The Labute approximate surface area is 113 Å². The molecule has 0 saturated carbocycles. The molecule has 2 heterocycles. The first-order valence-electron chi connectivity index (χ1n) is 6.41. The predicted molar refractivity (Wildman–Crippen MR) is 74.1 cm³/mol. The number of aryl methyl sites for hydroxylation is 2. The fraction of sp³-hybridized carbons (Fsp3) is 0.429. The Morgan fingerprint density at radius 3 is 2.89 bits per heavy atom. The van der Waals surface area contributed by atoms with E-state index in [2.05, 4.69) is 15.3 Å². The van der Waals surface area contributed by atoms with Crippen molar-refractivity contribution in [2.75, 3.05) is 13.7 Å². The Bertz CT molecular complexity index is 536. The van der Waals surface area contributed by atoms with Gasteiger partial charge in [-0.15, -0.1) is 0 Å². The van der Waals surface area contributed by atoms with Crippen molar-refractivity contribution in [1.82, 2.24) is 19.9 Å². The molecule has 0 radical (unpaired) electrons. The summed E-state index contributed by atoms with van der Waals surface area (Å²) in [6.45, 7) is 3.29. The zero-order valence-corrected chi connectivity index (χ0v) is 11.7. The summed E-state index contributed by atoms with van der Waals surface area (Å²) in [7, 11) is 3.89. The topological polar surface area (TPSA) is 52.0 Å². The highest BCUT2D eigenvalue weighted by molar-refractivity contribution is 5.29. The van der Waals surface area contributed by atoms with Crippen LogP contribution in [-0.2, 0) is 20.0 Å². The van der Waals surface area contributed by atoms with Crippen LogP contribution in [0.3, 0.4) is 0 Å². The molecule has 2 rings (SSSR count). The number of ether oxygens (including phenoxy) is 1. The maximum Gasteiger partial charge on any atom is 0.142 e. The van der Waals surface area contributed by atoms with Gasteiger partial charge in [-0.05, 0) is 26.1 Å². The van der Waals surface area contributed by atoms with Gasteiger partial charge in [0.15, 0.2) is 0 Å². The van der Waals surface area contributed by atoms with E-state index in [4.69, 9.17) is 4.74 Å². The van der Waals surface area contributed by atoms with E-state index in [9.17, 15) is 0 Å². The number of pyridine rings is 1. The van der Waals surface area contributed by atoms with E-state index in [0.717, 1.165) is 29.4 Å². The molecule has 5 heteroatoms. The van der Waals surface area contributed by atoms with Crippen molar-refractivity contribution in [3.8, 4) is 5.75 Å². The van der Waals surface area contributed by atoms with Gasteiger partial charge in [-0.1, -0.05) is 0 Å². The third-order valence-electron chi connectivity index (χ3n) is 2.92. The standard InChI is InChI=1S/C14H20N4O/c1-11-4-5-13(12(17-11)10-15-2)19-9-6-14-16-7-8-18(14)3/h4-5,7-8,15H,6,9-10H2,1-3H3. The van der Waals surface area contributed by atoms with Crippen LogP contribution in [0.25, 0.3) is 0 Å². The maximum atomic E-state index is 5.82. The summed E-state index contributed by atoms with van der Waals surface area (Å²) in [5.74, 6) is 1.87. The summed E-state index contributed by atoms with van der Waals surface area (Å²) in [5.41, 5.74) is 1.95. The van der Waals surface area contributed by atoms with Crippen molar-refractivity contribution in [3.05, 3.63) is 41.7 Å². The highest BCUT2D eigenvalue weighted by atomic mass is 16.5. The van der Waals surface area contributed by atoms with E-state index in [1.165, 1.54) is 0 Å². The number of aromatic nitrogens is 3. The lowest BCUT2D eigenvalue weighted by Gasteiger charge is -2.11. The van der Waals surface area contributed by atoms with Crippen molar-refractivity contribution < 1.29 is 4.74 Å². The van der Waals surface area contributed by atoms with E-state index in [1.54, 1.807) is 6.20 Å². The summed E-state index contributed by atoms with van der Waals surface area (Å²) < 4.78 is 7.82. The summed E-state index contributed by atoms with van der Waals surface area (Å²) in [6.07, 6.45) is 4.53. The van der Waals surface area contributed by atoms with Gasteiger partial charge in [-0.3, -0.25) is 4.98 Å². The molecule has 0 unspecified atom stereocenters. The molecule has 0 aliphatic carbocycles. The fourth-order valence-electron chi connectivity index (χ4n) is 1.91. The second-order valence-corrected chi connectivity index (χ2v) is 4.48. The Morgan fingerprint density at radius 1 is 1.37 bits per heavy atom. The van der Waals surface area contributed by atoms with Crippen LogP contribution < -0.4 is 10.1 Å². The SMILES string of the molecule is CNCc1nc(C)ccc1OCCc1nccn1C. The van der Waals surface area contributed by atoms with Gasteiger partial charge in [0.2, 0.25) is 0 Å². The van der Waals surface area contributed by atoms with Crippen molar-refractivity contribution in [2.24, 2.45) is 7.05 Å². The molecule has 0 bridgehead atoms. The van der Waals surface area contributed by atoms with E-state index in [-0.39, 0.29) is 0 Å². The second kappa shape index (κ2) is 6.33. The van der Waals surface area contributed by atoms with Crippen LogP contribution in [0, 0.1) is 6.92 Å².